The summed E-state index contributed by atoms with van der Waals surface area (Å²) in [4.78, 5) is 4.83. The predicted octanol–water partition coefficient (Wildman–Crippen LogP) is 2.00. The van der Waals surface area contributed by atoms with E-state index in [0.29, 0.717) is 10.7 Å². The number of hydrogen-bond donors (Lipinski definition) is 0. The molecule has 2 heterocycles. The molecule has 2 aromatic heterocycles. The fourth-order valence-electron chi connectivity index (χ4n) is 1.70. The molecule has 0 atom stereocenters. The van der Waals surface area contributed by atoms with Crippen molar-refractivity contribution < 1.29 is 12.8 Å². The number of sulfone groups is 1. The van der Waals surface area contributed by atoms with Gasteiger partial charge in [0.2, 0.25) is 4.96 Å². The zero-order valence-electron chi connectivity index (χ0n) is 9.74. The molecule has 3 aromatic rings. The van der Waals surface area contributed by atoms with Crippen LogP contribution in [-0.2, 0) is 9.84 Å². The van der Waals surface area contributed by atoms with Gasteiger partial charge < -0.3 is 0 Å². The Kier molecular flexibility index (Phi) is 2.64. The van der Waals surface area contributed by atoms with Crippen LogP contribution in [0.3, 0.4) is 0 Å². The van der Waals surface area contributed by atoms with Crippen LogP contribution in [0.15, 0.2) is 34.8 Å². The van der Waals surface area contributed by atoms with Gasteiger partial charge in [-0.15, -0.1) is 0 Å². The lowest BCUT2D eigenvalue weighted by molar-refractivity contribution is 0.596. The molecule has 0 spiro atoms. The highest BCUT2D eigenvalue weighted by molar-refractivity contribution is 7.90. The minimum atomic E-state index is -3.41. The summed E-state index contributed by atoms with van der Waals surface area (Å²) in [7, 11) is -3.41. The maximum absolute atomic E-state index is 14.0. The van der Waals surface area contributed by atoms with Gasteiger partial charge in [0.25, 0.3) is 0 Å². The fourth-order valence-corrected chi connectivity index (χ4v) is 2.94. The van der Waals surface area contributed by atoms with Crippen LogP contribution in [0.4, 0.5) is 4.39 Å². The minimum absolute atomic E-state index is 0.0482. The Bertz CT molecular complexity index is 839. The highest BCUT2D eigenvalue weighted by atomic mass is 32.2. The van der Waals surface area contributed by atoms with Crippen molar-refractivity contribution in [1.82, 2.24) is 14.6 Å². The van der Waals surface area contributed by atoms with Crippen molar-refractivity contribution >= 4 is 26.1 Å². The average Bonchev–Trinajstić information content (AvgIpc) is 2.87. The molecule has 5 nitrogen and oxygen atoms in total. The van der Waals surface area contributed by atoms with Crippen LogP contribution < -0.4 is 0 Å². The summed E-state index contributed by atoms with van der Waals surface area (Å²) in [5.41, 5.74) is 2.32. The van der Waals surface area contributed by atoms with Gasteiger partial charge >= 0.3 is 0 Å². The summed E-state index contributed by atoms with van der Waals surface area (Å²) < 4.78 is 38.2. The summed E-state index contributed by atoms with van der Waals surface area (Å²) in [6.45, 7) is 0. The van der Waals surface area contributed by atoms with Gasteiger partial charge in [-0.2, -0.15) is 5.10 Å². The molecule has 0 saturated carbocycles. The normalized spacial score (nSPS) is 12.1. The maximum Gasteiger partial charge on any atom is 0.212 e. The number of nitrogens with zero attached hydrogens (tertiary/aromatic N) is 3. The zero-order chi connectivity index (χ0) is 13.6. The summed E-state index contributed by atoms with van der Waals surface area (Å²) in [5.74, 6) is -0.617. The van der Waals surface area contributed by atoms with Gasteiger partial charge in [0.05, 0.1) is 16.8 Å². The van der Waals surface area contributed by atoms with E-state index in [-0.39, 0.29) is 10.5 Å². The molecule has 1 aromatic carbocycles. The van der Waals surface area contributed by atoms with Crippen molar-refractivity contribution in [3.05, 3.63) is 35.7 Å². The Morgan fingerprint density at radius 2 is 2.16 bits per heavy atom. The number of benzene rings is 1. The number of halogens is 1. The lowest BCUT2D eigenvalue weighted by atomic mass is 10.1. The molecule has 0 fully saturated rings. The third-order valence-corrected chi connectivity index (χ3v) is 4.43. The fraction of sp³-hybridized carbons (Fsp3) is 0.0909. The number of hydrogen-bond acceptors (Lipinski definition) is 5. The van der Waals surface area contributed by atoms with Gasteiger partial charge in [0.1, 0.15) is 11.3 Å². The van der Waals surface area contributed by atoms with Gasteiger partial charge in [-0.1, -0.05) is 11.3 Å². The van der Waals surface area contributed by atoms with Crippen LogP contribution in [0.5, 0.6) is 0 Å². The average molecular weight is 297 g/mol. The highest BCUT2D eigenvalue weighted by Crippen LogP contribution is 2.25. The van der Waals surface area contributed by atoms with Crippen LogP contribution >= 0.6 is 11.3 Å². The number of rotatable bonds is 2. The van der Waals surface area contributed by atoms with Gasteiger partial charge in [0, 0.05) is 11.8 Å². The lowest BCUT2D eigenvalue weighted by Gasteiger charge is -2.02. The van der Waals surface area contributed by atoms with Gasteiger partial charge in [0.15, 0.2) is 9.84 Å². The van der Waals surface area contributed by atoms with Crippen LogP contribution in [0.1, 0.15) is 0 Å². The topological polar surface area (TPSA) is 64.3 Å². The van der Waals surface area contributed by atoms with Gasteiger partial charge in [-0.05, 0) is 18.2 Å². The second kappa shape index (κ2) is 4.10. The van der Waals surface area contributed by atoms with Crippen LogP contribution in [0.2, 0.25) is 0 Å². The van der Waals surface area contributed by atoms with Crippen LogP contribution in [0, 0.1) is 5.82 Å². The van der Waals surface area contributed by atoms with E-state index in [1.165, 1.54) is 23.5 Å². The number of imidazole rings is 1. The van der Waals surface area contributed by atoms with Gasteiger partial charge in [-0.3, -0.25) is 0 Å². The first-order chi connectivity index (χ1) is 8.95. The Labute approximate surface area is 112 Å². The van der Waals surface area contributed by atoms with E-state index in [4.69, 9.17) is 0 Å². The zero-order valence-corrected chi connectivity index (χ0v) is 11.4. The van der Waals surface area contributed by atoms with E-state index in [1.54, 1.807) is 16.2 Å². The SMILES string of the molecule is CS(=O)(=O)c1ccc(-c2cn3ncsc3n2)c(F)c1. The highest BCUT2D eigenvalue weighted by Gasteiger charge is 2.14. The summed E-state index contributed by atoms with van der Waals surface area (Å²) in [6, 6.07) is 3.79. The Balaban J connectivity index is 2.13. The molecule has 98 valence electrons. The molecule has 0 aliphatic heterocycles. The molecule has 0 aliphatic rings. The molecule has 0 bridgehead atoms. The predicted molar refractivity (Wildman–Crippen MR) is 69.4 cm³/mol. The van der Waals surface area contributed by atoms with Crippen LogP contribution in [0.25, 0.3) is 16.2 Å². The van der Waals surface area contributed by atoms with Gasteiger partial charge in [-0.25, -0.2) is 22.3 Å². The van der Waals surface area contributed by atoms with Crippen molar-refractivity contribution in [2.45, 2.75) is 4.90 Å². The molecule has 0 N–H and O–H groups in total. The van der Waals surface area contributed by atoms with E-state index < -0.39 is 15.7 Å². The van der Waals surface area contributed by atoms with Crippen molar-refractivity contribution in [3.63, 3.8) is 0 Å². The first kappa shape index (κ1) is 12.2. The van der Waals surface area contributed by atoms with E-state index in [2.05, 4.69) is 10.1 Å². The van der Waals surface area contributed by atoms with Crippen LogP contribution in [-0.4, -0.2) is 29.3 Å². The van der Waals surface area contributed by atoms with Crippen molar-refractivity contribution in [3.8, 4) is 11.3 Å². The molecular weight excluding hydrogens is 289 g/mol. The standard InChI is InChI=1S/C11H8FN3O2S2/c1-19(16,17)7-2-3-8(9(12)4-7)10-5-15-11(14-10)18-6-13-15/h2-6H,1H3. The summed E-state index contributed by atoms with van der Waals surface area (Å²) >= 11 is 1.34. The molecule has 0 saturated heterocycles. The molecule has 0 amide bonds. The molecule has 0 aliphatic carbocycles. The maximum atomic E-state index is 14.0. The van der Waals surface area contributed by atoms with Crippen molar-refractivity contribution in [2.24, 2.45) is 0 Å². The summed E-state index contributed by atoms with van der Waals surface area (Å²) in [5, 5.41) is 4.01. The largest absolute Gasteiger partial charge is 0.224 e. The molecule has 0 radical (unpaired) electrons. The van der Waals surface area contributed by atoms with E-state index in [1.807, 2.05) is 0 Å². The quantitative estimate of drug-likeness (QED) is 0.725. The Hall–Kier alpha value is -1.80. The third-order valence-electron chi connectivity index (χ3n) is 2.63. The first-order valence-corrected chi connectivity index (χ1v) is 8.01. The smallest absolute Gasteiger partial charge is 0.212 e. The second-order valence-corrected chi connectivity index (χ2v) is 6.83. The molecule has 0 unspecified atom stereocenters. The first-order valence-electron chi connectivity index (χ1n) is 5.24. The van der Waals surface area contributed by atoms with Crippen molar-refractivity contribution in [1.29, 1.82) is 0 Å². The molecular formula is C11H8FN3O2S2. The molecule has 19 heavy (non-hydrogen) atoms. The number of fused-ring (bicyclic) bond motifs is 1. The third kappa shape index (κ3) is 2.13. The molecule has 8 heteroatoms. The summed E-state index contributed by atoms with van der Waals surface area (Å²) in [6.07, 6.45) is 2.64. The molecule has 3 rings (SSSR count). The van der Waals surface area contributed by atoms with E-state index in [0.717, 1.165) is 12.3 Å². The minimum Gasteiger partial charge on any atom is -0.224 e. The van der Waals surface area contributed by atoms with E-state index in [9.17, 15) is 12.8 Å². The monoisotopic (exact) mass is 297 g/mol. The van der Waals surface area contributed by atoms with E-state index >= 15 is 0 Å². The second-order valence-electron chi connectivity index (χ2n) is 4.01. The Morgan fingerprint density at radius 1 is 1.37 bits per heavy atom. The van der Waals surface area contributed by atoms with Crippen molar-refractivity contribution in [2.75, 3.05) is 6.26 Å². The lowest BCUT2D eigenvalue weighted by Crippen LogP contribution is -1.98. The Morgan fingerprint density at radius 3 is 2.79 bits per heavy atom. The number of aromatic nitrogens is 3.